The van der Waals surface area contributed by atoms with Gasteiger partial charge in [-0.25, -0.2) is 4.99 Å². The summed E-state index contributed by atoms with van der Waals surface area (Å²) in [5.41, 5.74) is 1.29. The van der Waals surface area contributed by atoms with Gasteiger partial charge in [0.15, 0.2) is 5.96 Å². The lowest BCUT2D eigenvalue weighted by Crippen LogP contribution is -2.46. The molecule has 156 valence electrons. The molecular weight excluding hydrogens is 352 g/mol. The van der Waals surface area contributed by atoms with Crippen LogP contribution < -0.4 is 15.4 Å². The van der Waals surface area contributed by atoms with Gasteiger partial charge in [-0.1, -0.05) is 38.3 Å². The Morgan fingerprint density at radius 2 is 1.89 bits per heavy atom. The first-order chi connectivity index (χ1) is 13.5. The average Bonchev–Trinajstić information content (AvgIpc) is 2.71. The van der Waals surface area contributed by atoms with Gasteiger partial charge in [-0.2, -0.15) is 0 Å². The molecule has 2 N–H and O–H groups in total. The van der Waals surface area contributed by atoms with E-state index in [9.17, 15) is 4.79 Å². The molecule has 0 spiro atoms. The number of carbonyl (C=O) groups excluding carboxylic acids is 1. The number of benzene rings is 1. The van der Waals surface area contributed by atoms with E-state index < -0.39 is 0 Å². The zero-order chi connectivity index (χ0) is 20.4. The largest absolute Gasteiger partial charge is 0.497 e. The number of methoxy groups -OCH3 is 1. The fraction of sp³-hybridized carbons (Fsp3) is 0.636. The highest BCUT2D eigenvalue weighted by molar-refractivity contribution is 5.84. The van der Waals surface area contributed by atoms with Crippen molar-refractivity contribution in [3.8, 4) is 5.75 Å². The van der Waals surface area contributed by atoms with Crippen molar-refractivity contribution < 1.29 is 9.53 Å². The predicted octanol–water partition coefficient (Wildman–Crippen LogP) is 2.83. The Bertz CT molecular complexity index is 622. The number of ether oxygens (including phenoxy) is 1. The number of aliphatic imine (C=N–C) groups is 1. The van der Waals surface area contributed by atoms with Gasteiger partial charge in [-0.15, -0.1) is 0 Å². The molecule has 1 atom stereocenters. The third-order valence-electron chi connectivity index (χ3n) is 5.18. The summed E-state index contributed by atoms with van der Waals surface area (Å²) in [5.74, 6) is 2.09. The summed E-state index contributed by atoms with van der Waals surface area (Å²) in [6.07, 6.45) is 7.15. The quantitative estimate of drug-likeness (QED) is 0.531. The van der Waals surface area contributed by atoms with Crippen LogP contribution in [0.5, 0.6) is 5.75 Å². The smallest absolute Gasteiger partial charge is 0.243 e. The van der Waals surface area contributed by atoms with Gasteiger partial charge in [0.25, 0.3) is 0 Å². The van der Waals surface area contributed by atoms with E-state index in [0.29, 0.717) is 12.0 Å². The van der Waals surface area contributed by atoms with Gasteiger partial charge < -0.3 is 20.3 Å². The lowest BCUT2D eigenvalue weighted by molar-refractivity contribution is -0.127. The number of likely N-dealkylation sites (N-methyl/N-ethyl adjacent to an activating group) is 1. The first kappa shape index (κ1) is 22.1. The minimum Gasteiger partial charge on any atom is -0.497 e. The summed E-state index contributed by atoms with van der Waals surface area (Å²) in [7, 11) is 5.20. The van der Waals surface area contributed by atoms with Crippen molar-refractivity contribution in [3.63, 3.8) is 0 Å². The maximum Gasteiger partial charge on any atom is 0.243 e. The van der Waals surface area contributed by atoms with Gasteiger partial charge in [0.05, 0.1) is 7.11 Å². The van der Waals surface area contributed by atoms with Gasteiger partial charge in [-0.3, -0.25) is 4.79 Å². The summed E-state index contributed by atoms with van der Waals surface area (Å²) < 4.78 is 5.22. The average molecular weight is 389 g/mol. The second-order valence-corrected chi connectivity index (χ2v) is 7.97. The fourth-order valence-electron chi connectivity index (χ4n) is 3.39. The topological polar surface area (TPSA) is 66.0 Å². The number of carbonyl (C=O) groups is 1. The minimum atomic E-state index is 0.0102. The Hall–Kier alpha value is -2.24. The van der Waals surface area contributed by atoms with Gasteiger partial charge >= 0.3 is 0 Å². The van der Waals surface area contributed by atoms with E-state index in [4.69, 9.17) is 4.74 Å². The Kier molecular flexibility index (Phi) is 9.11. The van der Waals surface area contributed by atoms with E-state index in [1.807, 2.05) is 12.1 Å². The van der Waals surface area contributed by atoms with Crippen LogP contribution in [-0.2, 0) is 11.2 Å². The van der Waals surface area contributed by atoms with Gasteiger partial charge in [0.1, 0.15) is 12.3 Å². The molecule has 1 unspecified atom stereocenters. The van der Waals surface area contributed by atoms with Gasteiger partial charge in [-0.05, 0) is 42.9 Å². The molecule has 1 amide bonds. The Morgan fingerprint density at radius 1 is 1.21 bits per heavy atom. The molecule has 0 heterocycles. The fourth-order valence-corrected chi connectivity index (χ4v) is 3.39. The van der Waals surface area contributed by atoms with E-state index in [0.717, 1.165) is 24.7 Å². The lowest BCUT2D eigenvalue weighted by Gasteiger charge is -2.26. The first-order valence-electron chi connectivity index (χ1n) is 10.4. The van der Waals surface area contributed by atoms with Crippen molar-refractivity contribution in [3.05, 3.63) is 29.8 Å². The maximum absolute atomic E-state index is 11.9. The molecule has 1 fully saturated rings. The van der Waals surface area contributed by atoms with Crippen LogP contribution in [-0.4, -0.2) is 57.1 Å². The van der Waals surface area contributed by atoms with Crippen LogP contribution in [0, 0.1) is 5.92 Å². The molecule has 2 rings (SSSR count). The highest BCUT2D eigenvalue weighted by atomic mass is 16.5. The summed E-state index contributed by atoms with van der Waals surface area (Å²) in [5, 5.41) is 6.98. The summed E-state index contributed by atoms with van der Waals surface area (Å²) in [6.45, 7) is 3.20. The van der Waals surface area contributed by atoms with Gasteiger partial charge in [0, 0.05) is 26.7 Å². The number of rotatable bonds is 8. The van der Waals surface area contributed by atoms with Gasteiger partial charge in [0.2, 0.25) is 5.91 Å². The molecule has 1 aromatic carbocycles. The highest BCUT2D eigenvalue weighted by Gasteiger charge is 2.16. The lowest BCUT2D eigenvalue weighted by atomic mass is 9.96. The Labute approximate surface area is 169 Å². The number of hydrogen-bond donors (Lipinski definition) is 2. The third kappa shape index (κ3) is 7.79. The summed E-state index contributed by atoms with van der Waals surface area (Å²) in [6, 6.07) is 8.67. The van der Waals surface area contributed by atoms with Crippen LogP contribution in [0.15, 0.2) is 29.3 Å². The van der Waals surface area contributed by atoms with Crippen LogP contribution in [0.25, 0.3) is 0 Å². The number of amides is 1. The zero-order valence-electron chi connectivity index (χ0n) is 17.8. The zero-order valence-corrected chi connectivity index (χ0v) is 17.8. The molecule has 28 heavy (non-hydrogen) atoms. The van der Waals surface area contributed by atoms with Crippen LogP contribution >= 0.6 is 0 Å². The number of nitrogens with one attached hydrogen (secondary N) is 2. The van der Waals surface area contributed by atoms with E-state index in [2.05, 4.69) is 34.7 Å². The van der Waals surface area contributed by atoms with E-state index in [-0.39, 0.29) is 12.5 Å². The molecule has 1 aliphatic rings. The second kappa shape index (κ2) is 11.6. The molecule has 1 saturated carbocycles. The van der Waals surface area contributed by atoms with Crippen LogP contribution in [0.3, 0.4) is 0 Å². The molecule has 0 aromatic heterocycles. The molecule has 0 saturated heterocycles. The summed E-state index contributed by atoms with van der Waals surface area (Å²) in [4.78, 5) is 18.0. The summed E-state index contributed by atoms with van der Waals surface area (Å²) >= 11 is 0. The Balaban J connectivity index is 1.89. The number of hydrogen-bond acceptors (Lipinski definition) is 3. The minimum absolute atomic E-state index is 0.0102. The predicted molar refractivity (Wildman–Crippen MR) is 115 cm³/mol. The SMILES string of the molecule is COc1ccc(CC(C)CNC(=NCC(=O)N(C)C)NC2CCCCC2)cc1. The van der Waals surface area contributed by atoms with Crippen molar-refractivity contribution in [1.29, 1.82) is 0 Å². The highest BCUT2D eigenvalue weighted by Crippen LogP contribution is 2.17. The van der Waals surface area contributed by atoms with E-state index >= 15 is 0 Å². The normalized spacial score (nSPS) is 16.4. The van der Waals surface area contributed by atoms with Crippen molar-refractivity contribution >= 4 is 11.9 Å². The van der Waals surface area contributed by atoms with Crippen molar-refractivity contribution in [1.82, 2.24) is 15.5 Å². The first-order valence-corrected chi connectivity index (χ1v) is 10.4. The second-order valence-electron chi connectivity index (χ2n) is 7.97. The molecule has 6 heteroatoms. The monoisotopic (exact) mass is 388 g/mol. The number of guanidine groups is 1. The van der Waals surface area contributed by atoms with E-state index in [1.54, 1.807) is 26.1 Å². The molecule has 0 radical (unpaired) electrons. The van der Waals surface area contributed by atoms with E-state index in [1.165, 1.54) is 37.7 Å². The van der Waals surface area contributed by atoms with Crippen LogP contribution in [0.4, 0.5) is 0 Å². The van der Waals surface area contributed by atoms with Crippen molar-refractivity contribution in [2.24, 2.45) is 10.9 Å². The molecule has 0 aliphatic heterocycles. The standard InChI is InChI=1S/C22H36N4O2/c1-17(14-18-10-12-20(28-4)13-11-18)15-23-22(24-16-21(27)26(2)3)25-19-8-6-5-7-9-19/h10-13,17,19H,5-9,14-16H2,1-4H3,(H2,23,24,25). The molecular formula is C22H36N4O2. The maximum atomic E-state index is 11.9. The molecule has 1 aliphatic carbocycles. The molecule has 6 nitrogen and oxygen atoms in total. The number of nitrogens with zero attached hydrogens (tertiary/aromatic N) is 2. The Morgan fingerprint density at radius 3 is 2.50 bits per heavy atom. The van der Waals surface area contributed by atoms with Crippen molar-refractivity contribution in [2.75, 3.05) is 34.3 Å². The third-order valence-corrected chi connectivity index (χ3v) is 5.18. The van der Waals surface area contributed by atoms with Crippen LogP contribution in [0.1, 0.15) is 44.6 Å². The molecule has 0 bridgehead atoms. The van der Waals surface area contributed by atoms with Crippen LogP contribution in [0.2, 0.25) is 0 Å². The molecule has 1 aromatic rings. The van der Waals surface area contributed by atoms with Crippen molar-refractivity contribution in [2.45, 2.75) is 51.5 Å².